The number of thiophene rings is 1. The third-order valence-corrected chi connectivity index (χ3v) is 6.05. The van der Waals surface area contributed by atoms with Crippen molar-refractivity contribution in [2.45, 2.75) is 31.7 Å². The fourth-order valence-corrected chi connectivity index (χ4v) is 4.69. The van der Waals surface area contributed by atoms with Crippen molar-refractivity contribution in [3.63, 3.8) is 0 Å². The lowest BCUT2D eigenvalue weighted by Gasteiger charge is -2.21. The number of nitrogens with one attached hydrogen (secondary N) is 1. The number of hydrogen-bond donors (Lipinski definition) is 1. The van der Waals surface area contributed by atoms with Crippen molar-refractivity contribution in [2.75, 3.05) is 19.8 Å². The zero-order valence-corrected chi connectivity index (χ0v) is 16.4. The first-order chi connectivity index (χ1) is 11.9. The van der Waals surface area contributed by atoms with Gasteiger partial charge in [0.15, 0.2) is 0 Å². The van der Waals surface area contributed by atoms with Gasteiger partial charge in [0.1, 0.15) is 12.4 Å². The highest BCUT2D eigenvalue weighted by Crippen LogP contribution is 2.28. The van der Waals surface area contributed by atoms with Gasteiger partial charge in [0, 0.05) is 11.5 Å². The Labute approximate surface area is 154 Å². The molecule has 0 saturated carbocycles. The van der Waals surface area contributed by atoms with Crippen LogP contribution in [0.2, 0.25) is 0 Å². The summed E-state index contributed by atoms with van der Waals surface area (Å²) in [7, 11) is -3.60. The summed E-state index contributed by atoms with van der Waals surface area (Å²) < 4.78 is 38.9. The van der Waals surface area contributed by atoms with Crippen LogP contribution in [0, 0.1) is 5.92 Å². The molecule has 5 nitrogen and oxygen atoms in total. The number of ether oxygens (including phenoxy) is 2. The predicted octanol–water partition coefficient (Wildman–Crippen LogP) is 3.84. The van der Waals surface area contributed by atoms with Gasteiger partial charge < -0.3 is 9.47 Å². The Bertz CT molecular complexity index is 725. The van der Waals surface area contributed by atoms with Crippen molar-refractivity contribution in [1.82, 2.24) is 4.72 Å². The van der Waals surface area contributed by atoms with Crippen LogP contribution >= 0.6 is 11.3 Å². The van der Waals surface area contributed by atoms with Gasteiger partial charge in [0.2, 0.25) is 10.0 Å². The number of hydrogen-bond acceptors (Lipinski definition) is 5. The highest BCUT2D eigenvalue weighted by atomic mass is 32.2. The first-order valence-electron chi connectivity index (χ1n) is 8.30. The van der Waals surface area contributed by atoms with Crippen molar-refractivity contribution < 1.29 is 17.9 Å². The van der Waals surface area contributed by atoms with Crippen LogP contribution in [0.4, 0.5) is 0 Å². The van der Waals surface area contributed by atoms with Crippen LogP contribution in [0.5, 0.6) is 5.75 Å². The Hall–Kier alpha value is -1.41. The molecule has 0 spiro atoms. The van der Waals surface area contributed by atoms with E-state index in [-0.39, 0.29) is 16.9 Å². The number of sulfonamides is 1. The van der Waals surface area contributed by atoms with Crippen molar-refractivity contribution >= 4 is 21.4 Å². The van der Waals surface area contributed by atoms with Crippen molar-refractivity contribution in [3.8, 4) is 5.75 Å². The zero-order chi connectivity index (χ0) is 18.3. The van der Waals surface area contributed by atoms with E-state index in [1.807, 2.05) is 38.3 Å². The fraction of sp³-hybridized carbons (Fsp3) is 0.444. The third-order valence-electron chi connectivity index (χ3n) is 3.63. The van der Waals surface area contributed by atoms with Crippen molar-refractivity contribution in [1.29, 1.82) is 0 Å². The Morgan fingerprint density at radius 1 is 1.12 bits per heavy atom. The molecule has 25 heavy (non-hydrogen) atoms. The maximum atomic E-state index is 12.7. The quantitative estimate of drug-likeness (QED) is 0.633. The van der Waals surface area contributed by atoms with Crippen LogP contribution in [0.3, 0.4) is 0 Å². The second-order valence-electron chi connectivity index (χ2n) is 5.88. The summed E-state index contributed by atoms with van der Waals surface area (Å²) in [6.07, 6.45) is 0. The third kappa shape index (κ3) is 5.81. The van der Waals surface area contributed by atoms with E-state index in [2.05, 4.69) is 4.72 Å². The highest BCUT2D eigenvalue weighted by molar-refractivity contribution is 7.89. The smallest absolute Gasteiger partial charge is 0.241 e. The molecule has 0 amide bonds. The summed E-state index contributed by atoms with van der Waals surface area (Å²) in [5.41, 5.74) is 0. The summed E-state index contributed by atoms with van der Waals surface area (Å²) in [5, 5.41) is 1.95. The van der Waals surface area contributed by atoms with E-state index < -0.39 is 10.0 Å². The molecule has 1 N–H and O–H groups in total. The molecule has 0 saturated heterocycles. The van der Waals surface area contributed by atoms with E-state index in [1.165, 1.54) is 0 Å². The molecule has 0 bridgehead atoms. The van der Waals surface area contributed by atoms with Crippen molar-refractivity contribution in [2.24, 2.45) is 5.92 Å². The second-order valence-corrected chi connectivity index (χ2v) is 8.57. The monoisotopic (exact) mass is 383 g/mol. The number of rotatable bonds is 10. The standard InChI is InChI=1S/C18H25NO4S2/c1-4-22-11-12-23-15-7-9-16(10-8-15)25(20,21)19-18(14(2)3)17-6-5-13-24-17/h5-10,13-14,18-19H,4,11-12H2,1-3H3. The number of benzene rings is 1. The lowest BCUT2D eigenvalue weighted by molar-refractivity contribution is 0.110. The molecule has 2 rings (SSSR count). The van der Waals surface area contributed by atoms with Crippen LogP contribution in [-0.4, -0.2) is 28.2 Å². The van der Waals surface area contributed by atoms with Gasteiger partial charge in [-0.1, -0.05) is 19.9 Å². The van der Waals surface area contributed by atoms with Gasteiger partial charge >= 0.3 is 0 Å². The van der Waals surface area contributed by atoms with Gasteiger partial charge in [0.25, 0.3) is 0 Å². The van der Waals surface area contributed by atoms with E-state index >= 15 is 0 Å². The molecule has 0 fully saturated rings. The van der Waals surface area contributed by atoms with Crippen LogP contribution in [0.15, 0.2) is 46.7 Å². The Kier molecular flexibility index (Phi) is 7.43. The predicted molar refractivity (Wildman–Crippen MR) is 101 cm³/mol. The topological polar surface area (TPSA) is 64.6 Å². The molecule has 2 aromatic rings. The van der Waals surface area contributed by atoms with Crippen molar-refractivity contribution in [3.05, 3.63) is 46.7 Å². The average Bonchev–Trinajstić information content (AvgIpc) is 3.11. The van der Waals surface area contributed by atoms with Crippen LogP contribution in [0.25, 0.3) is 0 Å². The minimum Gasteiger partial charge on any atom is -0.491 e. The average molecular weight is 384 g/mol. The molecule has 1 heterocycles. The molecule has 1 atom stereocenters. The fourth-order valence-electron chi connectivity index (χ4n) is 2.30. The lowest BCUT2D eigenvalue weighted by atomic mass is 10.0. The van der Waals surface area contributed by atoms with Gasteiger partial charge in [-0.05, 0) is 48.6 Å². The van der Waals surface area contributed by atoms with Gasteiger partial charge in [-0.25, -0.2) is 13.1 Å². The van der Waals surface area contributed by atoms with Gasteiger partial charge in [-0.3, -0.25) is 0 Å². The Morgan fingerprint density at radius 2 is 1.84 bits per heavy atom. The van der Waals surface area contributed by atoms with E-state index in [0.29, 0.717) is 25.6 Å². The normalized spacial score (nSPS) is 13.1. The van der Waals surface area contributed by atoms with Crippen LogP contribution < -0.4 is 9.46 Å². The summed E-state index contributed by atoms with van der Waals surface area (Å²) >= 11 is 1.55. The highest BCUT2D eigenvalue weighted by Gasteiger charge is 2.24. The zero-order valence-electron chi connectivity index (χ0n) is 14.8. The molecule has 1 unspecified atom stereocenters. The minimum absolute atomic E-state index is 0.148. The molecule has 138 valence electrons. The lowest BCUT2D eigenvalue weighted by Crippen LogP contribution is -2.31. The van der Waals surface area contributed by atoms with Gasteiger partial charge in [-0.2, -0.15) is 0 Å². The second kappa shape index (κ2) is 9.33. The Balaban J connectivity index is 2.05. The molecule has 1 aromatic heterocycles. The van der Waals surface area contributed by atoms with Crippen LogP contribution in [-0.2, 0) is 14.8 Å². The molecule has 1 aromatic carbocycles. The molecule has 0 aliphatic carbocycles. The minimum atomic E-state index is -3.60. The maximum absolute atomic E-state index is 12.7. The van der Waals surface area contributed by atoms with E-state index in [1.54, 1.807) is 35.6 Å². The largest absolute Gasteiger partial charge is 0.491 e. The molecule has 7 heteroatoms. The van der Waals surface area contributed by atoms with E-state index in [9.17, 15) is 8.42 Å². The summed E-state index contributed by atoms with van der Waals surface area (Å²) in [6, 6.07) is 10.1. The first-order valence-corrected chi connectivity index (χ1v) is 10.7. The molecule has 0 aliphatic rings. The summed E-state index contributed by atoms with van der Waals surface area (Å²) in [5.74, 6) is 0.770. The molecular formula is C18H25NO4S2. The maximum Gasteiger partial charge on any atom is 0.241 e. The van der Waals surface area contributed by atoms with E-state index in [4.69, 9.17) is 9.47 Å². The van der Waals surface area contributed by atoms with Crippen LogP contribution in [0.1, 0.15) is 31.7 Å². The summed E-state index contributed by atoms with van der Waals surface area (Å²) in [4.78, 5) is 1.24. The van der Waals surface area contributed by atoms with E-state index in [0.717, 1.165) is 4.88 Å². The SMILES string of the molecule is CCOCCOc1ccc(S(=O)(=O)NC(c2cccs2)C(C)C)cc1. The molecular weight excluding hydrogens is 358 g/mol. The summed E-state index contributed by atoms with van der Waals surface area (Å²) in [6.45, 7) is 7.52. The van der Waals surface area contributed by atoms with Gasteiger partial charge in [0.05, 0.1) is 17.5 Å². The molecule has 0 radical (unpaired) electrons. The Morgan fingerprint density at radius 3 is 2.40 bits per heavy atom. The molecule has 0 aliphatic heterocycles. The van der Waals surface area contributed by atoms with Gasteiger partial charge in [-0.15, -0.1) is 11.3 Å². The first kappa shape index (κ1) is 19.9.